The van der Waals surface area contributed by atoms with Crippen LogP contribution < -0.4 is 17.0 Å². The average Bonchev–Trinajstić information content (AvgIpc) is 3.01. The molecule has 0 unspecified atom stereocenters. The highest BCUT2D eigenvalue weighted by atomic mass is 79.9. The van der Waals surface area contributed by atoms with Crippen LogP contribution in [-0.2, 0) is 9.59 Å². The minimum absolute atomic E-state index is 0. The van der Waals surface area contributed by atoms with Gasteiger partial charge in [-0.1, -0.05) is 194 Å². The van der Waals surface area contributed by atoms with Crippen molar-refractivity contribution in [3.8, 4) is 0 Å². The molecule has 0 spiro atoms. The second-order valence-electron chi connectivity index (χ2n) is 13.8. The lowest BCUT2D eigenvalue weighted by molar-refractivity contribution is -0.776. The number of hydrogen-bond acceptors (Lipinski definition) is 2. The van der Waals surface area contributed by atoms with Crippen LogP contribution in [0.4, 0.5) is 0 Å². The molecule has 0 aliphatic heterocycles. The van der Waals surface area contributed by atoms with E-state index in [9.17, 15) is 9.59 Å². The van der Waals surface area contributed by atoms with Crippen molar-refractivity contribution in [3.63, 3.8) is 0 Å². The monoisotopic (exact) mass is 686 g/mol. The van der Waals surface area contributed by atoms with Gasteiger partial charge in [0.05, 0.1) is 25.9 Å². The van der Waals surface area contributed by atoms with Crippen LogP contribution in [0.25, 0.3) is 0 Å². The summed E-state index contributed by atoms with van der Waals surface area (Å²) in [5.74, 6) is 0.344. The molecule has 2 amide bonds. The first-order valence-electron chi connectivity index (χ1n) is 20.0. The molecule has 4 heteroatoms. The van der Waals surface area contributed by atoms with Gasteiger partial charge in [-0.05, 0) is 26.7 Å². The lowest BCUT2D eigenvalue weighted by atomic mass is 10.0. The summed E-state index contributed by atoms with van der Waals surface area (Å²) >= 11 is 0. The van der Waals surface area contributed by atoms with Crippen molar-refractivity contribution < 1.29 is 31.1 Å². The molecule has 0 heterocycles. The number of quaternary nitrogens is 1. The van der Waals surface area contributed by atoms with E-state index in [1.165, 1.54) is 167 Å². The third kappa shape index (κ3) is 25.9. The van der Waals surface area contributed by atoms with Crippen molar-refractivity contribution in [2.45, 2.75) is 233 Å². The lowest BCUT2D eigenvalue weighted by Gasteiger charge is -2.31. The van der Waals surface area contributed by atoms with E-state index in [1.54, 1.807) is 0 Å². The Labute approximate surface area is 288 Å². The highest BCUT2D eigenvalue weighted by Crippen LogP contribution is 2.20. The zero-order chi connectivity index (χ0) is 31.7. The summed E-state index contributed by atoms with van der Waals surface area (Å²) in [5, 5.41) is 0. The minimum atomic E-state index is 0. The van der Waals surface area contributed by atoms with Gasteiger partial charge in [0.15, 0.2) is 0 Å². The van der Waals surface area contributed by atoms with Crippen LogP contribution in [-0.4, -0.2) is 29.4 Å². The van der Waals surface area contributed by atoms with Crippen molar-refractivity contribution in [1.29, 1.82) is 0 Å². The number of imide groups is 1. The van der Waals surface area contributed by atoms with Crippen LogP contribution in [0.15, 0.2) is 0 Å². The van der Waals surface area contributed by atoms with Gasteiger partial charge in [-0.25, -0.2) is 9.59 Å². The Kier molecular flexibility index (Phi) is 37.2. The van der Waals surface area contributed by atoms with E-state index in [-0.39, 0.29) is 33.3 Å². The Balaban J connectivity index is 0. The maximum atomic E-state index is 13.2. The number of carbonyl (C=O) groups excluding carboxylic acids is 2. The van der Waals surface area contributed by atoms with Crippen LogP contribution >= 0.6 is 0 Å². The Hall–Kier alpha value is -0.220. The fraction of sp³-hybridized carbons (Fsp3) is 0.950. The highest BCUT2D eigenvalue weighted by molar-refractivity contribution is 5.84. The van der Waals surface area contributed by atoms with E-state index < -0.39 is 0 Å². The van der Waals surface area contributed by atoms with Crippen LogP contribution in [0.3, 0.4) is 0 Å². The summed E-state index contributed by atoms with van der Waals surface area (Å²) in [6.45, 7) is 9.86. The van der Waals surface area contributed by atoms with Gasteiger partial charge in [0.2, 0.25) is 0 Å². The summed E-state index contributed by atoms with van der Waals surface area (Å²) in [6.07, 6.45) is 41.1. The zero-order valence-corrected chi connectivity index (χ0v) is 32.3. The largest absolute Gasteiger partial charge is 1.00 e. The highest BCUT2D eigenvalue weighted by Gasteiger charge is 2.39. The number of hydrogen-bond donors (Lipinski definition) is 0. The average molecular weight is 687 g/mol. The molecule has 0 fully saturated rings. The topological polar surface area (TPSA) is 34.1 Å². The molecule has 0 N–H and O–H groups in total. The lowest BCUT2D eigenvalue weighted by Crippen LogP contribution is -3.00. The number of halogens is 1. The summed E-state index contributed by atoms with van der Waals surface area (Å²) in [6, 6.07) is 0. The molecule has 0 saturated heterocycles. The Morgan fingerprint density at radius 2 is 0.500 bits per heavy atom. The molecule has 0 atom stereocenters. The zero-order valence-electron chi connectivity index (χ0n) is 30.7. The Bertz CT molecular complexity index is 556. The molecule has 0 rings (SSSR count). The molecule has 264 valence electrons. The number of nitrogens with zero attached hydrogens (tertiary/aromatic N) is 1. The Morgan fingerprint density at radius 3 is 0.682 bits per heavy atom. The summed E-state index contributed by atoms with van der Waals surface area (Å²) < 4.78 is 0.0806. The van der Waals surface area contributed by atoms with Crippen molar-refractivity contribution in [3.05, 3.63) is 0 Å². The molecule has 0 bridgehead atoms. The van der Waals surface area contributed by atoms with Crippen LogP contribution in [0.1, 0.15) is 233 Å². The SMILES string of the molecule is CCCCCCCCCCCCCCCCCC(=O)[N+](CC)(CC)C(=O)CCCCCCCCCCCCCCCCC.[Br-]. The van der Waals surface area contributed by atoms with Crippen LogP contribution in [0, 0.1) is 0 Å². The predicted octanol–water partition coefficient (Wildman–Crippen LogP) is 10.4. The standard InChI is InChI=1S/C40H80NO2.BrH/c1-5-9-11-13-15-17-19-21-23-25-27-29-31-33-35-37-39(42)41(7-3,8-4)40(43)38-36-34-32-30-28-26-24-22-20-18-16-14-12-10-6-2;/h5-38H2,1-4H3;1H/q+1;/p-1. The molecule has 0 aromatic heterocycles. The van der Waals surface area contributed by atoms with Crippen molar-refractivity contribution in [2.75, 3.05) is 13.1 Å². The van der Waals surface area contributed by atoms with Crippen molar-refractivity contribution in [2.24, 2.45) is 0 Å². The molecule has 0 aromatic carbocycles. The first kappa shape index (κ1) is 45.9. The molecular weight excluding hydrogens is 606 g/mol. The fourth-order valence-corrected chi connectivity index (χ4v) is 6.79. The normalized spacial score (nSPS) is 11.5. The van der Waals surface area contributed by atoms with E-state index in [0.717, 1.165) is 25.7 Å². The fourth-order valence-electron chi connectivity index (χ4n) is 6.79. The van der Waals surface area contributed by atoms with E-state index in [1.807, 2.05) is 13.8 Å². The Morgan fingerprint density at radius 1 is 0.318 bits per heavy atom. The number of unbranched alkanes of at least 4 members (excludes halogenated alkanes) is 28. The number of carbonyl (C=O) groups is 2. The third-order valence-corrected chi connectivity index (χ3v) is 10.0. The quantitative estimate of drug-likeness (QED) is 0.0499. The van der Waals surface area contributed by atoms with Gasteiger partial charge in [0.25, 0.3) is 0 Å². The maximum absolute atomic E-state index is 13.2. The minimum Gasteiger partial charge on any atom is -1.00 e. The molecule has 3 nitrogen and oxygen atoms in total. The van der Waals surface area contributed by atoms with Gasteiger partial charge in [-0.3, -0.25) is 0 Å². The summed E-state index contributed by atoms with van der Waals surface area (Å²) in [7, 11) is 0. The van der Waals surface area contributed by atoms with Crippen LogP contribution in [0.5, 0.6) is 0 Å². The number of rotatable bonds is 34. The molecule has 0 radical (unpaired) electrons. The van der Waals surface area contributed by atoms with Crippen LogP contribution in [0.2, 0.25) is 0 Å². The van der Waals surface area contributed by atoms with Gasteiger partial charge in [0, 0.05) is 0 Å². The van der Waals surface area contributed by atoms with Gasteiger partial charge in [-0.15, -0.1) is 0 Å². The molecule has 0 aliphatic carbocycles. The first-order chi connectivity index (χ1) is 21.1. The molecule has 0 saturated carbocycles. The van der Waals surface area contributed by atoms with Gasteiger partial charge in [-0.2, -0.15) is 4.48 Å². The van der Waals surface area contributed by atoms with E-state index in [4.69, 9.17) is 0 Å². The second-order valence-corrected chi connectivity index (χ2v) is 13.8. The smallest absolute Gasteiger partial charge is 0.321 e. The molecule has 0 aromatic rings. The van der Waals surface area contributed by atoms with Gasteiger partial charge in [0.1, 0.15) is 0 Å². The molecule has 0 aliphatic rings. The predicted molar refractivity (Wildman–Crippen MR) is 190 cm³/mol. The third-order valence-electron chi connectivity index (χ3n) is 10.0. The van der Waals surface area contributed by atoms with E-state index in [2.05, 4.69) is 13.8 Å². The van der Waals surface area contributed by atoms with Crippen molar-refractivity contribution >= 4 is 11.8 Å². The van der Waals surface area contributed by atoms with E-state index >= 15 is 0 Å². The van der Waals surface area contributed by atoms with Gasteiger partial charge >= 0.3 is 11.8 Å². The first-order valence-corrected chi connectivity index (χ1v) is 20.0. The van der Waals surface area contributed by atoms with E-state index in [0.29, 0.717) is 25.9 Å². The van der Waals surface area contributed by atoms with Crippen molar-refractivity contribution in [1.82, 2.24) is 0 Å². The maximum Gasteiger partial charge on any atom is 0.321 e. The number of amides is 2. The summed E-state index contributed by atoms with van der Waals surface area (Å²) in [4.78, 5) is 26.4. The molecule has 44 heavy (non-hydrogen) atoms. The second kappa shape index (κ2) is 35.6. The van der Waals surface area contributed by atoms with Gasteiger partial charge < -0.3 is 17.0 Å². The summed E-state index contributed by atoms with van der Waals surface area (Å²) in [5.41, 5.74) is 0. The molecular formula is C40H80BrNO2.